The molecule has 0 aromatic heterocycles. The van der Waals surface area contributed by atoms with Gasteiger partial charge in [-0.2, -0.15) is 0 Å². The van der Waals surface area contributed by atoms with Crippen LogP contribution < -0.4 is 0 Å². The molecule has 0 aliphatic carbocycles. The second kappa shape index (κ2) is 3.82. The summed E-state index contributed by atoms with van der Waals surface area (Å²) < 4.78 is 5.77. The molecule has 1 saturated heterocycles. The molecule has 18 heavy (non-hydrogen) atoms. The van der Waals surface area contributed by atoms with Crippen molar-refractivity contribution in [2.24, 2.45) is 4.99 Å². The lowest BCUT2D eigenvalue weighted by Gasteiger charge is -2.12. The van der Waals surface area contributed by atoms with Crippen molar-refractivity contribution in [3.63, 3.8) is 0 Å². The number of rotatable bonds is 3. The van der Waals surface area contributed by atoms with E-state index in [1.54, 1.807) is 0 Å². The number of hydrogen-bond donors (Lipinski definition) is 0. The molecular weight excluding hydrogens is 224 g/mol. The van der Waals surface area contributed by atoms with E-state index in [1.165, 1.54) is 5.56 Å². The smallest absolute Gasteiger partial charge is 0.206 e. The Morgan fingerprint density at radius 1 is 1.22 bits per heavy atom. The molecule has 2 aliphatic rings. The lowest BCUT2D eigenvalue weighted by atomic mass is 10.1. The summed E-state index contributed by atoms with van der Waals surface area (Å²) >= 11 is 0. The summed E-state index contributed by atoms with van der Waals surface area (Å²) in [6.45, 7) is 9.17. The van der Waals surface area contributed by atoms with E-state index < -0.39 is 0 Å². The molecule has 0 radical (unpaired) electrons. The molecule has 2 atom stereocenters. The van der Waals surface area contributed by atoms with Gasteiger partial charge in [-0.25, -0.2) is 4.99 Å². The van der Waals surface area contributed by atoms with Crippen LogP contribution in [0.3, 0.4) is 0 Å². The molecule has 1 fully saturated rings. The van der Waals surface area contributed by atoms with Gasteiger partial charge in [-0.3, -0.25) is 4.90 Å². The SMILES string of the molecule is CC1(C)COC(C2(C)CN2Cc2ccccc2)=N1. The van der Waals surface area contributed by atoms with Crippen LogP contribution >= 0.6 is 0 Å². The Morgan fingerprint density at radius 2 is 1.94 bits per heavy atom. The molecule has 2 unspecified atom stereocenters. The quantitative estimate of drug-likeness (QED) is 0.763. The van der Waals surface area contributed by atoms with Crippen LogP contribution in [0.2, 0.25) is 0 Å². The average Bonchev–Trinajstić information content (AvgIpc) is 2.81. The van der Waals surface area contributed by atoms with Crippen molar-refractivity contribution in [2.45, 2.75) is 38.4 Å². The fourth-order valence-electron chi connectivity index (χ4n) is 2.43. The highest BCUT2D eigenvalue weighted by molar-refractivity contribution is 5.90. The van der Waals surface area contributed by atoms with E-state index in [0.717, 1.165) is 19.0 Å². The first-order valence-electron chi connectivity index (χ1n) is 6.52. The zero-order chi connectivity index (χ0) is 12.8. The van der Waals surface area contributed by atoms with E-state index >= 15 is 0 Å². The fraction of sp³-hybridized carbons (Fsp3) is 0.533. The summed E-state index contributed by atoms with van der Waals surface area (Å²) in [4.78, 5) is 7.10. The van der Waals surface area contributed by atoms with Crippen molar-refractivity contribution in [3.05, 3.63) is 35.9 Å². The summed E-state index contributed by atoms with van der Waals surface area (Å²) in [5, 5.41) is 0. The van der Waals surface area contributed by atoms with Crippen LogP contribution in [-0.4, -0.2) is 35.0 Å². The maximum atomic E-state index is 5.77. The number of benzene rings is 1. The number of ether oxygens (including phenoxy) is 1. The third-order valence-electron chi connectivity index (χ3n) is 3.74. The topological polar surface area (TPSA) is 24.6 Å². The highest BCUT2D eigenvalue weighted by Crippen LogP contribution is 2.38. The van der Waals surface area contributed by atoms with Crippen molar-refractivity contribution < 1.29 is 4.74 Å². The summed E-state index contributed by atoms with van der Waals surface area (Å²) in [5.74, 6) is 0.920. The molecule has 1 aromatic rings. The number of hydrogen-bond acceptors (Lipinski definition) is 3. The van der Waals surface area contributed by atoms with Crippen molar-refractivity contribution in [1.82, 2.24) is 4.90 Å². The summed E-state index contributed by atoms with van der Waals surface area (Å²) in [7, 11) is 0. The van der Waals surface area contributed by atoms with E-state index in [0.29, 0.717) is 6.61 Å². The van der Waals surface area contributed by atoms with E-state index in [2.05, 4.69) is 56.0 Å². The van der Waals surface area contributed by atoms with Crippen molar-refractivity contribution in [1.29, 1.82) is 0 Å². The minimum atomic E-state index is -0.0562. The number of nitrogens with zero attached hydrogens (tertiary/aromatic N) is 2. The van der Waals surface area contributed by atoms with E-state index in [4.69, 9.17) is 9.73 Å². The molecule has 3 nitrogen and oxygen atoms in total. The Balaban J connectivity index is 1.70. The van der Waals surface area contributed by atoms with Crippen LogP contribution in [0.5, 0.6) is 0 Å². The maximum Gasteiger partial charge on any atom is 0.206 e. The first kappa shape index (κ1) is 11.7. The van der Waals surface area contributed by atoms with Crippen molar-refractivity contribution in [2.75, 3.05) is 13.2 Å². The fourth-order valence-corrected chi connectivity index (χ4v) is 2.43. The minimum Gasteiger partial charge on any atom is -0.477 e. The molecule has 3 heteroatoms. The van der Waals surface area contributed by atoms with Gasteiger partial charge in [0.1, 0.15) is 12.1 Å². The summed E-state index contributed by atoms with van der Waals surface area (Å²) in [6.07, 6.45) is 0. The van der Waals surface area contributed by atoms with Gasteiger partial charge in [-0.1, -0.05) is 30.3 Å². The van der Waals surface area contributed by atoms with Gasteiger partial charge in [0.05, 0.1) is 5.54 Å². The van der Waals surface area contributed by atoms with Crippen LogP contribution in [0.25, 0.3) is 0 Å². The van der Waals surface area contributed by atoms with Gasteiger partial charge in [0.25, 0.3) is 0 Å². The highest BCUT2D eigenvalue weighted by Gasteiger charge is 2.55. The van der Waals surface area contributed by atoms with E-state index in [1.807, 2.05) is 0 Å². The predicted octanol–water partition coefficient (Wildman–Crippen LogP) is 2.47. The summed E-state index contributed by atoms with van der Waals surface area (Å²) in [5.41, 5.74) is 1.31. The van der Waals surface area contributed by atoms with Gasteiger partial charge in [0, 0.05) is 13.1 Å². The molecule has 0 amide bonds. The Labute approximate surface area is 108 Å². The van der Waals surface area contributed by atoms with Gasteiger partial charge < -0.3 is 4.74 Å². The molecule has 0 saturated carbocycles. The van der Waals surface area contributed by atoms with Crippen LogP contribution in [0, 0.1) is 0 Å². The van der Waals surface area contributed by atoms with Crippen LogP contribution in [0.1, 0.15) is 26.3 Å². The molecule has 0 bridgehead atoms. The second-order valence-electron chi connectivity index (χ2n) is 6.13. The van der Waals surface area contributed by atoms with Crippen LogP contribution in [0.15, 0.2) is 35.3 Å². The Morgan fingerprint density at radius 3 is 2.56 bits per heavy atom. The van der Waals surface area contributed by atoms with Crippen LogP contribution in [-0.2, 0) is 11.3 Å². The van der Waals surface area contributed by atoms with Gasteiger partial charge in [0.2, 0.25) is 5.90 Å². The second-order valence-corrected chi connectivity index (χ2v) is 6.13. The molecular formula is C15H20N2O. The van der Waals surface area contributed by atoms with Crippen LogP contribution in [0.4, 0.5) is 0 Å². The van der Waals surface area contributed by atoms with E-state index in [-0.39, 0.29) is 11.1 Å². The standard InChI is InChI=1S/C15H20N2O/c1-14(2)11-18-13(16-14)15(3)10-17(15)9-12-7-5-4-6-8-12/h4-8H,9-11H2,1-3H3. The first-order valence-corrected chi connectivity index (χ1v) is 6.52. The van der Waals surface area contributed by atoms with E-state index in [9.17, 15) is 0 Å². The highest BCUT2D eigenvalue weighted by atomic mass is 16.5. The Bertz CT molecular complexity index is 481. The molecule has 0 spiro atoms. The zero-order valence-corrected chi connectivity index (χ0v) is 11.3. The molecule has 2 heterocycles. The average molecular weight is 244 g/mol. The molecule has 1 aromatic carbocycles. The lowest BCUT2D eigenvalue weighted by Crippen LogP contribution is -2.26. The maximum absolute atomic E-state index is 5.77. The first-order chi connectivity index (χ1) is 8.50. The van der Waals surface area contributed by atoms with Gasteiger partial charge in [-0.15, -0.1) is 0 Å². The monoisotopic (exact) mass is 244 g/mol. The molecule has 3 rings (SSSR count). The van der Waals surface area contributed by atoms with Crippen molar-refractivity contribution in [3.8, 4) is 0 Å². The number of aliphatic imine (C=N–C) groups is 1. The summed E-state index contributed by atoms with van der Waals surface area (Å²) in [6, 6.07) is 10.6. The Kier molecular flexibility index (Phi) is 2.49. The van der Waals surface area contributed by atoms with Gasteiger partial charge in [0.15, 0.2) is 0 Å². The molecule has 0 N–H and O–H groups in total. The third kappa shape index (κ3) is 2.03. The predicted molar refractivity (Wildman–Crippen MR) is 72.7 cm³/mol. The largest absolute Gasteiger partial charge is 0.477 e. The normalized spacial score (nSPS) is 32.8. The van der Waals surface area contributed by atoms with Gasteiger partial charge in [-0.05, 0) is 26.3 Å². The van der Waals surface area contributed by atoms with Gasteiger partial charge >= 0.3 is 0 Å². The zero-order valence-electron chi connectivity index (χ0n) is 11.3. The van der Waals surface area contributed by atoms with Crippen molar-refractivity contribution >= 4 is 5.90 Å². The third-order valence-corrected chi connectivity index (χ3v) is 3.74. The molecule has 2 aliphatic heterocycles. The lowest BCUT2D eigenvalue weighted by molar-refractivity contribution is 0.263. The Hall–Kier alpha value is -1.35. The molecule has 96 valence electrons. The minimum absolute atomic E-state index is 0.0175.